The number of allylic oxidation sites excluding steroid dienone is 4. The van der Waals surface area contributed by atoms with E-state index in [1.807, 2.05) is 0 Å². The Kier molecular flexibility index (Phi) is 73.3. The summed E-state index contributed by atoms with van der Waals surface area (Å²) in [6.45, 7) is 4.99. The minimum Gasteiger partial charge on any atom is -0.466 e. The van der Waals surface area contributed by atoms with Crippen molar-refractivity contribution in [3.05, 3.63) is 24.3 Å². The predicted octanol–water partition coefficient (Wildman–Crippen LogP) is 25.7. The summed E-state index contributed by atoms with van der Waals surface area (Å²) in [6, 6.07) is -0.540. The predicted molar refractivity (Wildman–Crippen MR) is 375 cm³/mol. The zero-order valence-corrected chi connectivity index (χ0v) is 57.9. The average Bonchev–Trinajstić information content (AvgIpc) is 3.50. The summed E-state index contributed by atoms with van der Waals surface area (Å²) in [5.74, 6) is -0.0164. The normalized spacial score (nSPS) is 12.6. The van der Waals surface area contributed by atoms with E-state index in [2.05, 4.69) is 43.5 Å². The van der Waals surface area contributed by atoms with Crippen molar-refractivity contribution >= 4 is 11.9 Å². The van der Waals surface area contributed by atoms with E-state index >= 15 is 0 Å². The number of rotatable bonds is 74. The minimum atomic E-state index is -0.664. The van der Waals surface area contributed by atoms with Crippen molar-refractivity contribution in [2.45, 2.75) is 456 Å². The van der Waals surface area contributed by atoms with Gasteiger partial charge in [0.15, 0.2) is 0 Å². The third-order valence-electron chi connectivity index (χ3n) is 18.5. The maximum Gasteiger partial charge on any atom is 0.305 e. The van der Waals surface area contributed by atoms with Crippen molar-refractivity contribution in [3.63, 3.8) is 0 Å². The van der Waals surface area contributed by atoms with Crippen LogP contribution >= 0.6 is 0 Å². The van der Waals surface area contributed by atoms with Crippen molar-refractivity contribution in [1.29, 1.82) is 0 Å². The lowest BCUT2D eigenvalue weighted by atomic mass is 10.0. The van der Waals surface area contributed by atoms with Crippen LogP contribution in [0.3, 0.4) is 0 Å². The first-order valence-electron chi connectivity index (χ1n) is 39.1. The second-order valence-corrected chi connectivity index (χ2v) is 27.0. The van der Waals surface area contributed by atoms with E-state index in [9.17, 15) is 19.8 Å². The molecule has 0 heterocycles. The van der Waals surface area contributed by atoms with Gasteiger partial charge in [-0.25, -0.2) is 0 Å². The lowest BCUT2D eigenvalue weighted by Crippen LogP contribution is -2.45. The fourth-order valence-electron chi connectivity index (χ4n) is 12.5. The Morgan fingerprint density at radius 2 is 0.553 bits per heavy atom. The van der Waals surface area contributed by atoms with E-state index < -0.39 is 12.1 Å². The van der Waals surface area contributed by atoms with Crippen LogP contribution in [0.25, 0.3) is 0 Å². The summed E-state index contributed by atoms with van der Waals surface area (Å²) in [7, 11) is 0. The second-order valence-electron chi connectivity index (χ2n) is 27.0. The second kappa shape index (κ2) is 74.8. The molecule has 0 radical (unpaired) electrons. The first-order chi connectivity index (χ1) is 42.0. The SMILES string of the molecule is CCCCCCC/C=C\CCCCCCCC(=O)OCCCCCCCCCCCCCC/C=C\CCCCCCCCCCCCCCCCCCC(=O)NC(CO)C(O)CCCCCCCCCCCCCCCCCCCCCCCC. The van der Waals surface area contributed by atoms with Crippen LogP contribution in [0.5, 0.6) is 0 Å². The third kappa shape index (κ3) is 71.3. The van der Waals surface area contributed by atoms with Crippen molar-refractivity contribution in [2.75, 3.05) is 13.2 Å². The van der Waals surface area contributed by atoms with Gasteiger partial charge in [-0.3, -0.25) is 9.59 Å². The number of nitrogens with one attached hydrogen (secondary N) is 1. The van der Waals surface area contributed by atoms with E-state index in [-0.39, 0.29) is 18.5 Å². The molecule has 0 aliphatic carbocycles. The quantitative estimate of drug-likeness (QED) is 0.0320. The number of carbonyl (C=O) groups excluding carboxylic acids is 2. The highest BCUT2D eigenvalue weighted by Gasteiger charge is 2.20. The topological polar surface area (TPSA) is 95.9 Å². The molecule has 2 atom stereocenters. The molecule has 0 bridgehead atoms. The fraction of sp³-hybridized carbons (Fsp3) is 0.924. The Balaban J connectivity index is 3.36. The summed E-state index contributed by atoms with van der Waals surface area (Å²) in [4.78, 5) is 24.6. The average molecular weight is 1200 g/mol. The van der Waals surface area contributed by atoms with Gasteiger partial charge in [0, 0.05) is 12.8 Å². The summed E-state index contributed by atoms with van der Waals surface area (Å²) in [5.41, 5.74) is 0. The van der Waals surface area contributed by atoms with Gasteiger partial charge in [-0.15, -0.1) is 0 Å². The maximum atomic E-state index is 12.6. The zero-order chi connectivity index (χ0) is 61.3. The molecule has 2 unspecified atom stereocenters. The van der Waals surface area contributed by atoms with Crippen molar-refractivity contribution in [3.8, 4) is 0 Å². The van der Waals surface area contributed by atoms with Crippen LogP contribution in [0.15, 0.2) is 24.3 Å². The van der Waals surface area contributed by atoms with E-state index in [1.54, 1.807) is 0 Å². The molecule has 0 aromatic rings. The summed E-state index contributed by atoms with van der Waals surface area (Å²) >= 11 is 0. The number of aliphatic hydroxyl groups is 2. The van der Waals surface area contributed by atoms with E-state index in [0.717, 1.165) is 44.9 Å². The zero-order valence-electron chi connectivity index (χ0n) is 57.9. The van der Waals surface area contributed by atoms with E-state index in [1.165, 1.54) is 366 Å². The van der Waals surface area contributed by atoms with Gasteiger partial charge < -0.3 is 20.3 Å². The highest BCUT2D eigenvalue weighted by atomic mass is 16.5. The third-order valence-corrected chi connectivity index (χ3v) is 18.5. The van der Waals surface area contributed by atoms with Gasteiger partial charge in [0.25, 0.3) is 0 Å². The molecule has 0 aliphatic rings. The standard InChI is InChI=1S/C79H153NO5/c1-3-5-7-9-11-13-15-17-19-20-21-22-35-38-41-44-47-51-55-59-63-67-71-77(82)76(75-81)80-78(83)72-68-64-60-56-52-48-45-42-39-36-33-31-29-27-25-23-24-26-28-30-32-34-37-40-43-46-50-54-58-62-66-70-74-85-79(84)73-69-65-61-57-53-49-18-16-14-12-10-8-6-4-2/h16,18,26,28,76-77,81-82H,3-15,17,19-25,27,29-75H2,1-2H3,(H,80,83)/b18-16-,28-26-. The van der Waals surface area contributed by atoms with Crippen LogP contribution in [0.2, 0.25) is 0 Å². The number of esters is 1. The van der Waals surface area contributed by atoms with Crippen LogP contribution in [0.4, 0.5) is 0 Å². The Hall–Kier alpha value is -1.66. The maximum absolute atomic E-state index is 12.6. The largest absolute Gasteiger partial charge is 0.466 e. The van der Waals surface area contributed by atoms with Crippen LogP contribution in [0.1, 0.15) is 444 Å². The molecular formula is C79H153NO5. The monoisotopic (exact) mass is 1200 g/mol. The first-order valence-corrected chi connectivity index (χ1v) is 39.1. The molecule has 6 nitrogen and oxygen atoms in total. The fourth-order valence-corrected chi connectivity index (χ4v) is 12.5. The van der Waals surface area contributed by atoms with Gasteiger partial charge in [-0.2, -0.15) is 0 Å². The van der Waals surface area contributed by atoms with E-state index in [0.29, 0.717) is 25.9 Å². The van der Waals surface area contributed by atoms with Gasteiger partial charge in [-0.05, 0) is 77.0 Å². The Bertz CT molecular complexity index is 1330. The van der Waals surface area contributed by atoms with Crippen LogP contribution in [-0.4, -0.2) is 47.4 Å². The number of carbonyl (C=O) groups is 2. The lowest BCUT2D eigenvalue weighted by molar-refractivity contribution is -0.143. The van der Waals surface area contributed by atoms with Crippen LogP contribution in [0, 0.1) is 0 Å². The molecule has 0 fully saturated rings. The highest BCUT2D eigenvalue weighted by Crippen LogP contribution is 2.20. The molecule has 504 valence electrons. The Morgan fingerprint density at radius 1 is 0.318 bits per heavy atom. The van der Waals surface area contributed by atoms with Crippen LogP contribution in [-0.2, 0) is 14.3 Å². The van der Waals surface area contributed by atoms with Gasteiger partial charge in [0.2, 0.25) is 5.91 Å². The summed E-state index contributed by atoms with van der Waals surface area (Å²) in [5, 5.41) is 23.5. The van der Waals surface area contributed by atoms with Gasteiger partial charge >= 0.3 is 5.97 Å². The number of amides is 1. The Labute approximate surface area is 532 Å². The molecule has 0 rings (SSSR count). The van der Waals surface area contributed by atoms with Crippen LogP contribution < -0.4 is 5.32 Å². The smallest absolute Gasteiger partial charge is 0.305 e. The Morgan fingerprint density at radius 3 is 0.835 bits per heavy atom. The van der Waals surface area contributed by atoms with Crippen molar-refractivity contribution in [1.82, 2.24) is 5.32 Å². The molecule has 1 amide bonds. The highest BCUT2D eigenvalue weighted by molar-refractivity contribution is 5.76. The van der Waals surface area contributed by atoms with Crippen molar-refractivity contribution < 1.29 is 24.5 Å². The van der Waals surface area contributed by atoms with Gasteiger partial charge in [0.1, 0.15) is 0 Å². The number of hydrogen-bond donors (Lipinski definition) is 3. The molecule has 0 aromatic carbocycles. The van der Waals surface area contributed by atoms with Crippen molar-refractivity contribution in [2.24, 2.45) is 0 Å². The van der Waals surface area contributed by atoms with Gasteiger partial charge in [-0.1, -0.05) is 378 Å². The number of aliphatic hydroxyl groups excluding tert-OH is 2. The number of ether oxygens (including phenoxy) is 1. The molecule has 0 aromatic heterocycles. The molecule has 85 heavy (non-hydrogen) atoms. The van der Waals surface area contributed by atoms with Gasteiger partial charge in [0.05, 0.1) is 25.4 Å². The molecule has 0 saturated heterocycles. The number of hydrogen-bond acceptors (Lipinski definition) is 5. The molecule has 0 spiro atoms. The van der Waals surface area contributed by atoms with E-state index in [4.69, 9.17) is 4.74 Å². The first kappa shape index (κ1) is 83.3. The minimum absolute atomic E-state index is 0.0106. The summed E-state index contributed by atoms with van der Waals surface area (Å²) in [6.07, 6.45) is 95.5. The molecule has 0 aliphatic heterocycles. The lowest BCUT2D eigenvalue weighted by Gasteiger charge is -2.22. The molecule has 3 N–H and O–H groups in total. The number of unbranched alkanes of at least 4 members (excludes halogenated alkanes) is 59. The molecule has 0 saturated carbocycles. The summed E-state index contributed by atoms with van der Waals surface area (Å²) < 4.78 is 5.49. The molecular weight excluding hydrogens is 1040 g/mol. The molecule has 6 heteroatoms.